The van der Waals surface area contributed by atoms with Gasteiger partial charge in [-0.15, -0.1) is 11.8 Å². The average Bonchev–Trinajstić information content (AvgIpc) is 1.88. The molecule has 1 heterocycles. The zero-order valence-corrected chi connectivity index (χ0v) is 8.95. The van der Waals surface area contributed by atoms with E-state index in [1.54, 1.807) is 0 Å². The number of hydrogen-bond donors (Lipinski definition) is 0. The third-order valence-corrected chi connectivity index (χ3v) is 6.15. The van der Waals surface area contributed by atoms with Crippen molar-refractivity contribution in [1.82, 2.24) is 0 Å². The average molecular weight is 194 g/mol. The first-order valence-electron chi connectivity index (χ1n) is 3.69. The molecule has 0 radical (unpaired) electrons. The van der Waals surface area contributed by atoms with Crippen LogP contribution in [-0.4, -0.2) is 16.1 Å². The summed E-state index contributed by atoms with van der Waals surface area (Å²) in [6.07, 6.45) is 1.38. The van der Waals surface area contributed by atoms with Gasteiger partial charge >= 0.3 is 0 Å². The lowest BCUT2D eigenvalue weighted by Crippen LogP contribution is -2.06. The van der Waals surface area contributed by atoms with Crippen LogP contribution in [0.4, 0.5) is 0 Å². The summed E-state index contributed by atoms with van der Waals surface area (Å²) in [4.78, 5) is 0. The van der Waals surface area contributed by atoms with Gasteiger partial charge in [0.25, 0.3) is 0 Å². The van der Waals surface area contributed by atoms with Crippen molar-refractivity contribution in [2.75, 3.05) is 11.5 Å². The summed E-state index contributed by atoms with van der Waals surface area (Å²) in [5.41, 5.74) is 0. The molecule has 0 aromatic carbocycles. The van der Waals surface area contributed by atoms with Crippen LogP contribution in [0.1, 0.15) is 20.3 Å². The molecule has 0 amide bonds. The van der Waals surface area contributed by atoms with Crippen LogP contribution in [-0.2, 0) is 0 Å². The van der Waals surface area contributed by atoms with E-state index in [0.29, 0.717) is 0 Å². The van der Waals surface area contributed by atoms with Crippen LogP contribution in [0.5, 0.6) is 0 Å². The largest absolute Gasteiger partial charge is 0.146 e. The Hall–Kier alpha value is 1.05. The van der Waals surface area contributed by atoms with Crippen molar-refractivity contribution in [3.05, 3.63) is 0 Å². The zero-order valence-electron chi connectivity index (χ0n) is 6.50. The van der Waals surface area contributed by atoms with E-state index in [-0.39, 0.29) is 0 Å². The molecule has 10 heavy (non-hydrogen) atoms. The fraction of sp³-hybridized carbons (Fsp3) is 1.00. The molecule has 1 fully saturated rings. The number of thioether (sulfide) groups is 1. The second-order valence-corrected chi connectivity index (χ2v) is 7.15. The lowest BCUT2D eigenvalue weighted by Gasteiger charge is -2.21. The molecular formula is C7H14S3. The molecule has 1 atom stereocenters. The molecular weight excluding hydrogens is 180 g/mol. The van der Waals surface area contributed by atoms with Gasteiger partial charge in [0, 0.05) is 11.5 Å². The molecule has 0 saturated carbocycles. The predicted molar refractivity (Wildman–Crippen MR) is 55.8 cm³/mol. The fourth-order valence-corrected chi connectivity index (χ4v) is 6.11. The maximum atomic E-state index is 2.31. The van der Waals surface area contributed by atoms with Crippen LogP contribution in [0.2, 0.25) is 0 Å². The van der Waals surface area contributed by atoms with Crippen molar-refractivity contribution in [3.8, 4) is 0 Å². The number of rotatable bonds is 2. The third-order valence-electron chi connectivity index (χ3n) is 1.31. The predicted octanol–water partition coefficient (Wildman–Crippen LogP) is 3.49. The molecule has 0 N–H and O–H groups in total. The minimum atomic E-state index is 0.865. The van der Waals surface area contributed by atoms with Gasteiger partial charge in [-0.1, -0.05) is 35.4 Å². The van der Waals surface area contributed by atoms with Crippen LogP contribution in [0.15, 0.2) is 0 Å². The second kappa shape index (κ2) is 4.83. The van der Waals surface area contributed by atoms with Gasteiger partial charge in [0.1, 0.15) is 0 Å². The fourth-order valence-electron chi connectivity index (χ4n) is 0.858. The highest BCUT2D eigenvalue weighted by Gasteiger charge is 2.15. The molecule has 1 unspecified atom stereocenters. The van der Waals surface area contributed by atoms with E-state index >= 15 is 0 Å². The lowest BCUT2D eigenvalue weighted by atomic mass is 10.2. The second-order valence-electron chi connectivity index (χ2n) is 2.85. The van der Waals surface area contributed by atoms with Gasteiger partial charge in [-0.3, -0.25) is 0 Å². The Kier molecular flexibility index (Phi) is 4.42. The van der Waals surface area contributed by atoms with Gasteiger partial charge in [0.2, 0.25) is 0 Å². The van der Waals surface area contributed by atoms with E-state index in [0.717, 1.165) is 10.5 Å². The van der Waals surface area contributed by atoms with Gasteiger partial charge in [0.05, 0.1) is 4.58 Å². The van der Waals surface area contributed by atoms with E-state index in [2.05, 4.69) is 36.4 Å². The molecule has 1 aliphatic rings. The smallest absolute Gasteiger partial charge is 0.0608 e. The third kappa shape index (κ3) is 3.44. The van der Waals surface area contributed by atoms with Gasteiger partial charge in [0.15, 0.2) is 0 Å². The summed E-state index contributed by atoms with van der Waals surface area (Å²) < 4.78 is 0.874. The first kappa shape index (κ1) is 9.14. The van der Waals surface area contributed by atoms with Crippen molar-refractivity contribution in [3.63, 3.8) is 0 Å². The van der Waals surface area contributed by atoms with Gasteiger partial charge in [-0.25, -0.2) is 0 Å². The number of hydrogen-bond acceptors (Lipinski definition) is 3. The highest BCUT2D eigenvalue weighted by Crippen LogP contribution is 2.42. The minimum Gasteiger partial charge on any atom is -0.146 e. The SMILES string of the molecule is CC(C)CC1SCCSS1. The lowest BCUT2D eigenvalue weighted by molar-refractivity contribution is 0.620. The van der Waals surface area contributed by atoms with Crippen LogP contribution in [0.25, 0.3) is 0 Å². The minimum absolute atomic E-state index is 0.865. The first-order valence-corrected chi connectivity index (χ1v) is 7.12. The summed E-state index contributed by atoms with van der Waals surface area (Å²) >= 11 is 2.13. The molecule has 3 heteroatoms. The van der Waals surface area contributed by atoms with Crippen LogP contribution >= 0.6 is 33.3 Å². The molecule has 0 nitrogen and oxygen atoms in total. The van der Waals surface area contributed by atoms with Crippen molar-refractivity contribution < 1.29 is 0 Å². The summed E-state index contributed by atoms with van der Waals surface area (Å²) in [7, 11) is 4.11. The quantitative estimate of drug-likeness (QED) is 0.618. The van der Waals surface area contributed by atoms with Gasteiger partial charge in [-0.2, -0.15) is 0 Å². The Labute approximate surface area is 75.7 Å². The van der Waals surface area contributed by atoms with E-state index in [1.807, 2.05) is 10.8 Å². The highest BCUT2D eigenvalue weighted by atomic mass is 33.1. The van der Waals surface area contributed by atoms with Gasteiger partial charge in [-0.05, 0) is 12.3 Å². The Morgan fingerprint density at radius 2 is 2.20 bits per heavy atom. The molecule has 0 bridgehead atoms. The molecule has 0 aromatic heterocycles. The van der Waals surface area contributed by atoms with Crippen LogP contribution in [0, 0.1) is 5.92 Å². The first-order chi connectivity index (χ1) is 4.79. The van der Waals surface area contributed by atoms with Crippen molar-refractivity contribution in [1.29, 1.82) is 0 Å². The van der Waals surface area contributed by atoms with Crippen LogP contribution in [0.3, 0.4) is 0 Å². The molecule has 1 aliphatic heterocycles. The van der Waals surface area contributed by atoms with Crippen molar-refractivity contribution >= 4 is 33.3 Å². The summed E-state index contributed by atoms with van der Waals surface area (Å²) in [5, 5.41) is 0. The Bertz CT molecular complexity index is 86.9. The summed E-state index contributed by atoms with van der Waals surface area (Å²) in [6.45, 7) is 4.61. The van der Waals surface area contributed by atoms with E-state index < -0.39 is 0 Å². The maximum Gasteiger partial charge on any atom is 0.0608 e. The molecule has 1 saturated heterocycles. The topological polar surface area (TPSA) is 0 Å². The van der Waals surface area contributed by atoms with E-state index in [1.165, 1.54) is 17.9 Å². The molecule has 1 rings (SSSR count). The molecule has 0 aromatic rings. The van der Waals surface area contributed by atoms with E-state index in [4.69, 9.17) is 0 Å². The Balaban J connectivity index is 2.13. The monoisotopic (exact) mass is 194 g/mol. The molecule has 0 aliphatic carbocycles. The van der Waals surface area contributed by atoms with E-state index in [9.17, 15) is 0 Å². The Morgan fingerprint density at radius 1 is 1.40 bits per heavy atom. The normalized spacial score (nSPS) is 27.3. The molecule has 0 spiro atoms. The maximum absolute atomic E-state index is 2.31. The van der Waals surface area contributed by atoms with Crippen molar-refractivity contribution in [2.45, 2.75) is 24.9 Å². The Morgan fingerprint density at radius 3 is 2.70 bits per heavy atom. The zero-order chi connectivity index (χ0) is 7.40. The summed E-state index contributed by atoms with van der Waals surface area (Å²) in [6, 6.07) is 0. The van der Waals surface area contributed by atoms with Gasteiger partial charge < -0.3 is 0 Å². The summed E-state index contributed by atoms with van der Waals surface area (Å²) in [5.74, 6) is 3.56. The molecule has 60 valence electrons. The highest BCUT2D eigenvalue weighted by molar-refractivity contribution is 8.79. The standard InChI is InChI=1S/C7H14S3/c1-6(2)5-7-8-3-4-9-10-7/h6-7H,3-5H2,1-2H3. The van der Waals surface area contributed by atoms with Crippen LogP contribution < -0.4 is 0 Å². The van der Waals surface area contributed by atoms with Crippen molar-refractivity contribution in [2.24, 2.45) is 5.92 Å².